The molecular weight excluding hydrogens is 554 g/mol. The van der Waals surface area contributed by atoms with Crippen molar-refractivity contribution in [1.29, 1.82) is 0 Å². The molecule has 0 N–H and O–H groups in total. The van der Waals surface area contributed by atoms with Crippen LogP contribution in [0.4, 0.5) is 32.0 Å². The van der Waals surface area contributed by atoms with Crippen LogP contribution in [0.5, 0.6) is 0 Å². The molecule has 7 nitrogen and oxygen atoms in total. The molecule has 3 saturated heterocycles. The number of amides is 1. The van der Waals surface area contributed by atoms with E-state index in [4.69, 9.17) is 14.5 Å². The zero-order valence-electron chi connectivity index (χ0n) is 23.3. The van der Waals surface area contributed by atoms with Crippen LogP contribution in [-0.4, -0.2) is 79.6 Å². The van der Waals surface area contributed by atoms with E-state index in [1.165, 1.54) is 0 Å². The van der Waals surface area contributed by atoms with Gasteiger partial charge in [0.1, 0.15) is 17.5 Å². The second kappa shape index (κ2) is 11.0. The van der Waals surface area contributed by atoms with Crippen LogP contribution in [0.25, 0.3) is 0 Å². The molecule has 4 aliphatic rings. The summed E-state index contributed by atoms with van der Waals surface area (Å²) in [5.41, 5.74) is -3.91. The number of pyridine rings is 1. The van der Waals surface area contributed by atoms with Gasteiger partial charge < -0.3 is 19.3 Å². The van der Waals surface area contributed by atoms with Gasteiger partial charge in [0.15, 0.2) is 0 Å². The highest BCUT2D eigenvalue weighted by Gasteiger charge is 2.54. The lowest BCUT2D eigenvalue weighted by Gasteiger charge is -2.42. The highest BCUT2D eigenvalue weighted by atomic mass is 19.4. The van der Waals surface area contributed by atoms with Crippen molar-refractivity contribution in [3.63, 3.8) is 0 Å². The Morgan fingerprint density at radius 1 is 1.12 bits per heavy atom. The Kier molecular flexibility index (Phi) is 8.08. The molecule has 41 heavy (non-hydrogen) atoms. The van der Waals surface area contributed by atoms with E-state index in [1.54, 1.807) is 12.0 Å². The lowest BCUT2D eigenvalue weighted by atomic mass is 9.73. The maximum absolute atomic E-state index is 14.1. The third-order valence-electron chi connectivity index (χ3n) is 9.40. The van der Waals surface area contributed by atoms with Crippen molar-refractivity contribution in [1.82, 2.24) is 9.88 Å². The minimum absolute atomic E-state index is 0.0164. The zero-order valence-corrected chi connectivity index (χ0v) is 23.3. The number of alkyl halides is 6. The fraction of sp³-hybridized carbons (Fsp3) is 0.750. The van der Waals surface area contributed by atoms with Crippen molar-refractivity contribution in [3.8, 4) is 0 Å². The molecule has 228 valence electrons. The molecule has 1 saturated carbocycles. The minimum Gasteiger partial charge on any atom is -0.379 e. The van der Waals surface area contributed by atoms with Crippen LogP contribution in [-0.2, 0) is 26.6 Å². The number of piperazine rings is 1. The Bertz CT molecular complexity index is 1130. The molecule has 3 aliphatic heterocycles. The largest absolute Gasteiger partial charge is 0.433 e. The van der Waals surface area contributed by atoms with Crippen LogP contribution < -0.4 is 4.90 Å². The number of methoxy groups -OCH3 is 1. The SMILES string of the molecule is CO[C@@H]1COCC[C@@H]1N=C[C@@H]1CC[C@@](C(=O)N2C[C@@H]3C[C@H]2CN3c2cc(C(F)(F)F)nc(C(F)(F)F)c2)(C(C)C)C1. The summed E-state index contributed by atoms with van der Waals surface area (Å²) in [6.07, 6.45) is -4.71. The zero-order chi connectivity index (χ0) is 29.7. The number of rotatable bonds is 6. The van der Waals surface area contributed by atoms with Gasteiger partial charge in [-0.05, 0) is 56.1 Å². The first-order valence-electron chi connectivity index (χ1n) is 14.1. The average Bonchev–Trinajstić information content (AvgIpc) is 3.65. The third kappa shape index (κ3) is 5.80. The summed E-state index contributed by atoms with van der Waals surface area (Å²) in [4.78, 5) is 25.1. The van der Waals surface area contributed by atoms with E-state index in [-0.39, 0.29) is 60.7 Å². The Labute approximate surface area is 235 Å². The highest BCUT2D eigenvalue weighted by Crippen LogP contribution is 2.50. The van der Waals surface area contributed by atoms with Gasteiger partial charge in [0, 0.05) is 44.8 Å². The van der Waals surface area contributed by atoms with E-state index < -0.39 is 29.2 Å². The van der Waals surface area contributed by atoms with Gasteiger partial charge in [-0.3, -0.25) is 9.79 Å². The van der Waals surface area contributed by atoms with Crippen LogP contribution in [0.1, 0.15) is 57.3 Å². The summed E-state index contributed by atoms with van der Waals surface area (Å²) in [5, 5.41) is 0. The molecule has 13 heteroatoms. The molecule has 6 atom stereocenters. The standard InChI is InChI=1S/C28H36F6N4O3/c1-16(2)26(6-4-17(11-26)12-35-21-5-7-41-15-22(21)40-3)25(39)38-14-19-8-20(38)13-37(19)18-9-23(27(29,30)31)36-24(10-18)28(32,33)34/h9-10,12,16-17,19-22H,4-8,11,13-15H2,1-3H3/t17-,19+,20+,21+,22-,26+/m1/s1. The van der Waals surface area contributed by atoms with E-state index in [0.717, 1.165) is 12.8 Å². The summed E-state index contributed by atoms with van der Waals surface area (Å²) < 4.78 is 91.2. The lowest BCUT2D eigenvalue weighted by Crippen LogP contribution is -2.54. The third-order valence-corrected chi connectivity index (χ3v) is 9.40. The first kappa shape index (κ1) is 30.1. The maximum Gasteiger partial charge on any atom is 0.433 e. The van der Waals surface area contributed by atoms with Crippen LogP contribution in [0.3, 0.4) is 0 Å². The van der Waals surface area contributed by atoms with E-state index in [2.05, 4.69) is 4.98 Å². The van der Waals surface area contributed by atoms with Crippen molar-refractivity contribution in [2.24, 2.45) is 22.2 Å². The number of hydrogen-bond acceptors (Lipinski definition) is 6. The molecule has 0 spiro atoms. The van der Waals surface area contributed by atoms with Gasteiger partial charge in [0.25, 0.3) is 0 Å². The fourth-order valence-electron chi connectivity index (χ4n) is 7.03. The molecule has 0 unspecified atom stereocenters. The number of anilines is 1. The molecule has 1 aliphatic carbocycles. The number of nitrogens with zero attached hydrogens (tertiary/aromatic N) is 4. The predicted octanol–water partition coefficient (Wildman–Crippen LogP) is 5.23. The summed E-state index contributed by atoms with van der Waals surface area (Å²) in [5.74, 6) is 0.219. The summed E-state index contributed by atoms with van der Waals surface area (Å²) in [6, 6.07) is 0.715. The number of fused-ring (bicyclic) bond motifs is 2. The van der Waals surface area contributed by atoms with Gasteiger partial charge in [-0.2, -0.15) is 26.3 Å². The molecule has 4 heterocycles. The Hall–Kier alpha value is -2.41. The van der Waals surface area contributed by atoms with E-state index in [1.807, 2.05) is 25.0 Å². The predicted molar refractivity (Wildman–Crippen MR) is 139 cm³/mol. The first-order valence-corrected chi connectivity index (χ1v) is 14.1. The second-order valence-corrected chi connectivity index (χ2v) is 12.1. The summed E-state index contributed by atoms with van der Waals surface area (Å²) in [7, 11) is 1.64. The van der Waals surface area contributed by atoms with Crippen molar-refractivity contribution < 1.29 is 40.6 Å². The molecule has 4 fully saturated rings. The number of ether oxygens (including phenoxy) is 2. The van der Waals surface area contributed by atoms with Gasteiger partial charge in [-0.25, -0.2) is 4.98 Å². The maximum atomic E-state index is 14.1. The smallest absolute Gasteiger partial charge is 0.379 e. The number of aromatic nitrogens is 1. The molecular formula is C28H36F6N4O3. The normalized spacial score (nSPS) is 32.6. The number of hydrogen-bond donors (Lipinski definition) is 0. The Morgan fingerprint density at radius 2 is 1.80 bits per heavy atom. The second-order valence-electron chi connectivity index (χ2n) is 12.1. The number of likely N-dealkylation sites (tertiary alicyclic amines) is 1. The van der Waals surface area contributed by atoms with Crippen molar-refractivity contribution in [2.45, 2.75) is 82.5 Å². The summed E-state index contributed by atoms with van der Waals surface area (Å²) >= 11 is 0. The number of halogens is 6. The van der Waals surface area contributed by atoms with Gasteiger partial charge in [-0.15, -0.1) is 0 Å². The number of carbonyl (C=O) groups excluding carboxylic acids is 1. The van der Waals surface area contributed by atoms with Crippen molar-refractivity contribution in [3.05, 3.63) is 23.5 Å². The molecule has 0 radical (unpaired) electrons. The van der Waals surface area contributed by atoms with Gasteiger partial charge in [0.2, 0.25) is 5.91 Å². The van der Waals surface area contributed by atoms with E-state index in [0.29, 0.717) is 44.6 Å². The van der Waals surface area contributed by atoms with Crippen LogP contribution in [0.15, 0.2) is 17.1 Å². The quantitative estimate of drug-likeness (QED) is 0.336. The van der Waals surface area contributed by atoms with E-state index in [9.17, 15) is 31.1 Å². The number of carbonyl (C=O) groups is 1. The molecule has 5 rings (SSSR count). The van der Waals surface area contributed by atoms with Gasteiger partial charge >= 0.3 is 12.4 Å². The van der Waals surface area contributed by atoms with Crippen LogP contribution in [0, 0.1) is 17.3 Å². The fourth-order valence-corrected chi connectivity index (χ4v) is 7.03. The van der Waals surface area contributed by atoms with Crippen molar-refractivity contribution >= 4 is 17.8 Å². The monoisotopic (exact) mass is 590 g/mol. The summed E-state index contributed by atoms with van der Waals surface area (Å²) in [6.45, 7) is 5.64. The molecule has 1 amide bonds. The van der Waals surface area contributed by atoms with E-state index >= 15 is 0 Å². The van der Waals surface area contributed by atoms with Crippen molar-refractivity contribution in [2.75, 3.05) is 38.3 Å². The number of aliphatic imine (C=N–C) groups is 1. The van der Waals surface area contributed by atoms with Gasteiger partial charge in [-0.1, -0.05) is 13.8 Å². The average molecular weight is 591 g/mol. The van der Waals surface area contributed by atoms with Crippen LogP contribution >= 0.6 is 0 Å². The molecule has 1 aromatic heterocycles. The minimum atomic E-state index is -5.02. The Balaban J connectivity index is 1.30. The lowest BCUT2D eigenvalue weighted by molar-refractivity contribution is -0.150. The molecule has 2 bridgehead atoms. The van der Waals surface area contributed by atoms with Gasteiger partial charge in [0.05, 0.1) is 24.1 Å². The van der Waals surface area contributed by atoms with Crippen LogP contribution in [0.2, 0.25) is 0 Å². The first-order chi connectivity index (χ1) is 19.2. The Morgan fingerprint density at radius 3 is 2.37 bits per heavy atom. The molecule has 1 aromatic rings. The highest BCUT2D eigenvalue weighted by molar-refractivity contribution is 5.85. The topological polar surface area (TPSA) is 67.3 Å². The molecule has 0 aromatic carbocycles.